The molecule has 1 aromatic carbocycles. The van der Waals surface area contributed by atoms with Gasteiger partial charge in [-0.3, -0.25) is 0 Å². The third-order valence-electron chi connectivity index (χ3n) is 3.31. The number of halogens is 1. The topological polar surface area (TPSA) is 34.1 Å². The highest BCUT2D eigenvalue weighted by atomic mass is 79.9. The van der Waals surface area contributed by atoms with Crippen LogP contribution >= 0.6 is 15.9 Å². The van der Waals surface area contributed by atoms with Gasteiger partial charge in [0.2, 0.25) is 5.88 Å². The van der Waals surface area contributed by atoms with Crippen molar-refractivity contribution < 1.29 is 4.74 Å². The zero-order valence-electron chi connectivity index (χ0n) is 12.7. The van der Waals surface area contributed by atoms with E-state index in [1.807, 2.05) is 37.4 Å². The van der Waals surface area contributed by atoms with Crippen LogP contribution in [-0.2, 0) is 0 Å². The average Bonchev–Trinajstić information content (AvgIpc) is 2.49. The molecular weight excluding hydrogens is 328 g/mol. The fourth-order valence-corrected chi connectivity index (χ4v) is 2.23. The van der Waals surface area contributed by atoms with E-state index in [2.05, 4.69) is 46.1 Å². The summed E-state index contributed by atoms with van der Waals surface area (Å²) in [5, 5.41) is 3.45. The van der Waals surface area contributed by atoms with Crippen LogP contribution in [0.3, 0.4) is 0 Å². The van der Waals surface area contributed by atoms with Crippen LogP contribution in [0.1, 0.15) is 37.4 Å². The molecule has 1 aromatic heterocycles. The van der Waals surface area contributed by atoms with Crippen LogP contribution in [0.15, 0.2) is 41.0 Å². The van der Waals surface area contributed by atoms with Crippen LogP contribution < -0.4 is 10.1 Å². The number of ether oxygens (including phenoxy) is 1. The first-order chi connectivity index (χ1) is 10.1. The zero-order chi connectivity index (χ0) is 15.2. The molecule has 0 saturated carbocycles. The first-order valence-electron chi connectivity index (χ1n) is 7.23. The minimum atomic E-state index is 0.307. The molecule has 0 radical (unpaired) electrons. The van der Waals surface area contributed by atoms with Crippen molar-refractivity contribution in [1.82, 2.24) is 10.3 Å². The van der Waals surface area contributed by atoms with Gasteiger partial charge in [0.05, 0.1) is 0 Å². The number of benzene rings is 1. The third kappa shape index (κ3) is 4.55. The van der Waals surface area contributed by atoms with Gasteiger partial charge < -0.3 is 10.1 Å². The zero-order valence-corrected chi connectivity index (χ0v) is 14.3. The first-order valence-corrected chi connectivity index (χ1v) is 8.02. The number of nitrogens with zero attached hydrogens (tertiary/aromatic N) is 1. The molecule has 0 aliphatic carbocycles. The largest absolute Gasteiger partial charge is 0.439 e. The summed E-state index contributed by atoms with van der Waals surface area (Å²) in [7, 11) is 0. The molecule has 0 saturated heterocycles. The predicted octanol–water partition coefficient (Wildman–Crippen LogP) is 5.01. The Kier molecular flexibility index (Phi) is 5.76. The quantitative estimate of drug-likeness (QED) is 0.796. The molecule has 4 heteroatoms. The number of nitrogens with one attached hydrogen (secondary N) is 1. The van der Waals surface area contributed by atoms with Gasteiger partial charge in [0, 0.05) is 22.8 Å². The highest BCUT2D eigenvalue weighted by Gasteiger charge is 2.06. The number of hydrogen-bond acceptors (Lipinski definition) is 3. The van der Waals surface area contributed by atoms with E-state index in [9.17, 15) is 0 Å². The molecule has 0 fully saturated rings. The highest BCUT2D eigenvalue weighted by molar-refractivity contribution is 9.10. The van der Waals surface area contributed by atoms with Gasteiger partial charge in [0.25, 0.3) is 0 Å². The van der Waals surface area contributed by atoms with Crippen molar-refractivity contribution in [3.63, 3.8) is 0 Å². The Balaban J connectivity index is 2.03. The van der Waals surface area contributed by atoms with E-state index < -0.39 is 0 Å². The average molecular weight is 349 g/mol. The van der Waals surface area contributed by atoms with Crippen molar-refractivity contribution in [2.75, 3.05) is 6.54 Å². The second-order valence-corrected chi connectivity index (χ2v) is 5.97. The maximum Gasteiger partial charge on any atom is 0.219 e. The molecule has 1 atom stereocenters. The summed E-state index contributed by atoms with van der Waals surface area (Å²) < 4.78 is 6.86. The molecule has 1 heterocycles. The molecule has 112 valence electrons. The standard InChI is InChI=1S/C17H21BrN2O/c1-4-9-19-13(3)14-5-8-17(20-11-14)21-15-6-7-16(18)12(2)10-15/h5-8,10-11,13,19H,4,9H2,1-3H3. The van der Waals surface area contributed by atoms with Crippen molar-refractivity contribution in [2.24, 2.45) is 0 Å². The molecule has 1 N–H and O–H groups in total. The molecular formula is C17H21BrN2O. The molecule has 3 nitrogen and oxygen atoms in total. The molecule has 21 heavy (non-hydrogen) atoms. The minimum Gasteiger partial charge on any atom is -0.439 e. The third-order valence-corrected chi connectivity index (χ3v) is 4.20. The fraction of sp³-hybridized carbons (Fsp3) is 0.353. The molecule has 0 amide bonds. The van der Waals surface area contributed by atoms with Gasteiger partial charge in [-0.05, 0) is 56.1 Å². The van der Waals surface area contributed by atoms with Crippen molar-refractivity contribution in [2.45, 2.75) is 33.2 Å². The van der Waals surface area contributed by atoms with Gasteiger partial charge in [-0.15, -0.1) is 0 Å². The summed E-state index contributed by atoms with van der Waals surface area (Å²) in [5.74, 6) is 1.41. The maximum atomic E-state index is 5.78. The van der Waals surface area contributed by atoms with Crippen LogP contribution in [-0.4, -0.2) is 11.5 Å². The van der Waals surface area contributed by atoms with Crippen molar-refractivity contribution >= 4 is 15.9 Å². The number of aryl methyl sites for hydroxylation is 1. The summed E-state index contributed by atoms with van der Waals surface area (Å²) in [6.07, 6.45) is 3.00. The molecule has 2 rings (SSSR count). The van der Waals surface area contributed by atoms with Crippen molar-refractivity contribution in [3.8, 4) is 11.6 Å². The second kappa shape index (κ2) is 7.57. The summed E-state index contributed by atoms with van der Waals surface area (Å²) in [5.41, 5.74) is 2.31. The van der Waals surface area contributed by atoms with Crippen LogP contribution in [0.2, 0.25) is 0 Å². The lowest BCUT2D eigenvalue weighted by atomic mass is 10.1. The molecule has 1 unspecified atom stereocenters. The van der Waals surface area contributed by atoms with Gasteiger partial charge in [0.1, 0.15) is 5.75 Å². The summed E-state index contributed by atoms with van der Waals surface area (Å²) in [6, 6.07) is 10.2. The summed E-state index contributed by atoms with van der Waals surface area (Å²) in [6.45, 7) is 7.35. The van der Waals surface area contributed by atoms with E-state index >= 15 is 0 Å². The number of rotatable bonds is 6. The lowest BCUT2D eigenvalue weighted by Gasteiger charge is -2.13. The Labute approximate surface area is 134 Å². The Morgan fingerprint density at radius 2 is 2.10 bits per heavy atom. The summed E-state index contributed by atoms with van der Waals surface area (Å²) >= 11 is 3.48. The molecule has 0 spiro atoms. The maximum absolute atomic E-state index is 5.78. The van der Waals surface area contributed by atoms with Crippen LogP contribution in [0.5, 0.6) is 11.6 Å². The first kappa shape index (κ1) is 16.0. The van der Waals surface area contributed by atoms with E-state index in [0.29, 0.717) is 11.9 Å². The lowest BCUT2D eigenvalue weighted by Crippen LogP contribution is -2.19. The number of pyridine rings is 1. The summed E-state index contributed by atoms with van der Waals surface area (Å²) in [4.78, 5) is 4.38. The predicted molar refractivity (Wildman–Crippen MR) is 89.9 cm³/mol. The lowest BCUT2D eigenvalue weighted by molar-refractivity contribution is 0.461. The Bertz CT molecular complexity index is 584. The van der Waals surface area contributed by atoms with E-state index in [-0.39, 0.29) is 0 Å². The van der Waals surface area contributed by atoms with E-state index in [1.54, 1.807) is 0 Å². The van der Waals surface area contributed by atoms with Gasteiger partial charge in [0.15, 0.2) is 0 Å². The van der Waals surface area contributed by atoms with E-state index in [1.165, 1.54) is 5.56 Å². The Morgan fingerprint density at radius 1 is 1.29 bits per heavy atom. The van der Waals surface area contributed by atoms with Gasteiger partial charge in [-0.1, -0.05) is 28.9 Å². The molecule has 2 aromatic rings. The van der Waals surface area contributed by atoms with Gasteiger partial charge >= 0.3 is 0 Å². The Morgan fingerprint density at radius 3 is 2.71 bits per heavy atom. The minimum absolute atomic E-state index is 0.307. The van der Waals surface area contributed by atoms with Gasteiger partial charge in [-0.2, -0.15) is 0 Å². The van der Waals surface area contributed by atoms with E-state index in [0.717, 1.165) is 28.8 Å². The Hall–Kier alpha value is -1.39. The van der Waals surface area contributed by atoms with Crippen LogP contribution in [0, 0.1) is 6.92 Å². The van der Waals surface area contributed by atoms with Crippen LogP contribution in [0.25, 0.3) is 0 Å². The second-order valence-electron chi connectivity index (χ2n) is 5.12. The molecule has 0 aliphatic heterocycles. The fourth-order valence-electron chi connectivity index (χ4n) is 1.99. The SMILES string of the molecule is CCCNC(C)c1ccc(Oc2ccc(Br)c(C)c2)nc1. The number of hydrogen-bond donors (Lipinski definition) is 1. The van der Waals surface area contributed by atoms with Crippen LogP contribution in [0.4, 0.5) is 0 Å². The smallest absolute Gasteiger partial charge is 0.219 e. The molecule has 0 bridgehead atoms. The van der Waals surface area contributed by atoms with E-state index in [4.69, 9.17) is 4.74 Å². The molecule has 0 aliphatic rings. The monoisotopic (exact) mass is 348 g/mol. The van der Waals surface area contributed by atoms with Crippen molar-refractivity contribution in [3.05, 3.63) is 52.1 Å². The van der Waals surface area contributed by atoms with Gasteiger partial charge in [-0.25, -0.2) is 4.98 Å². The highest BCUT2D eigenvalue weighted by Crippen LogP contribution is 2.25. The normalized spacial score (nSPS) is 12.2. The van der Waals surface area contributed by atoms with Crippen molar-refractivity contribution in [1.29, 1.82) is 0 Å². The number of aromatic nitrogens is 1.